The minimum Gasteiger partial charge on any atom is -0.395 e. The van der Waals surface area contributed by atoms with E-state index in [1.54, 1.807) is 0 Å². The van der Waals surface area contributed by atoms with Crippen LogP contribution in [0.3, 0.4) is 0 Å². The average Bonchev–Trinajstić information content (AvgIpc) is 2.62. The summed E-state index contributed by atoms with van der Waals surface area (Å²) in [6.45, 7) is 8.96. The normalized spacial score (nSPS) is 23.8. The van der Waals surface area contributed by atoms with Gasteiger partial charge in [-0.3, -0.25) is 0 Å². The largest absolute Gasteiger partial charge is 0.395 e. The molecule has 1 rings (SSSR count). The summed E-state index contributed by atoms with van der Waals surface area (Å²) in [4.78, 5) is 4.74. The number of rotatable bonds is 7. The van der Waals surface area contributed by atoms with Crippen molar-refractivity contribution in [3.05, 3.63) is 0 Å². The predicted molar refractivity (Wildman–Crippen MR) is 72.2 cm³/mol. The highest BCUT2D eigenvalue weighted by molar-refractivity contribution is 4.78. The van der Waals surface area contributed by atoms with Crippen LogP contribution in [0.15, 0.2) is 0 Å². The van der Waals surface area contributed by atoms with Crippen LogP contribution < -0.4 is 5.32 Å². The van der Waals surface area contributed by atoms with E-state index in [2.05, 4.69) is 43.1 Å². The minimum atomic E-state index is 0.194. The predicted octanol–water partition coefficient (Wildman–Crippen LogP) is 0.229. The van der Waals surface area contributed by atoms with Gasteiger partial charge in [0.15, 0.2) is 0 Å². The Morgan fingerprint density at radius 1 is 1.47 bits per heavy atom. The van der Waals surface area contributed by atoms with E-state index in [0.29, 0.717) is 6.04 Å². The maximum absolute atomic E-state index is 9.33. The van der Waals surface area contributed by atoms with Gasteiger partial charge < -0.3 is 20.2 Å². The molecule has 2 unspecified atom stereocenters. The molecule has 0 aromatic carbocycles. The number of nitrogens with one attached hydrogen (secondary N) is 1. The van der Waals surface area contributed by atoms with Crippen molar-refractivity contribution in [2.24, 2.45) is 5.92 Å². The topological polar surface area (TPSA) is 38.7 Å². The van der Waals surface area contributed by atoms with Crippen molar-refractivity contribution in [1.29, 1.82) is 0 Å². The van der Waals surface area contributed by atoms with Crippen molar-refractivity contribution >= 4 is 0 Å². The summed E-state index contributed by atoms with van der Waals surface area (Å²) in [5, 5.41) is 12.7. The van der Waals surface area contributed by atoms with Crippen molar-refractivity contribution in [2.75, 3.05) is 46.9 Å². The number of nitrogens with zero attached hydrogens (tertiary/aromatic N) is 2. The standard InChI is InChI=1S/C13H29N3O/c1-11(2)14-13(10-17)9-16(4)8-12-5-6-15(3)7-12/h11-14,17H,5-10H2,1-4H3. The number of hydrogen-bond donors (Lipinski definition) is 2. The lowest BCUT2D eigenvalue weighted by Crippen LogP contribution is -2.46. The smallest absolute Gasteiger partial charge is 0.0597 e. The monoisotopic (exact) mass is 243 g/mol. The van der Waals surface area contributed by atoms with Gasteiger partial charge in [-0.15, -0.1) is 0 Å². The molecule has 4 heteroatoms. The Kier molecular flexibility index (Phi) is 6.41. The lowest BCUT2D eigenvalue weighted by atomic mass is 10.1. The fourth-order valence-corrected chi connectivity index (χ4v) is 2.70. The van der Waals surface area contributed by atoms with Crippen LogP contribution in [0.5, 0.6) is 0 Å². The third kappa shape index (κ3) is 5.82. The van der Waals surface area contributed by atoms with E-state index in [9.17, 15) is 5.11 Å². The molecule has 1 aliphatic rings. The van der Waals surface area contributed by atoms with Gasteiger partial charge in [0.05, 0.1) is 6.61 Å². The molecule has 0 bridgehead atoms. The van der Waals surface area contributed by atoms with Crippen molar-refractivity contribution in [3.8, 4) is 0 Å². The summed E-state index contributed by atoms with van der Waals surface area (Å²) in [6.07, 6.45) is 1.31. The molecule has 0 aliphatic carbocycles. The van der Waals surface area contributed by atoms with Crippen LogP contribution in [-0.4, -0.2) is 73.9 Å². The highest BCUT2D eigenvalue weighted by Crippen LogP contribution is 2.15. The second-order valence-electron chi connectivity index (χ2n) is 5.84. The first kappa shape index (κ1) is 14.9. The Hall–Kier alpha value is -0.160. The number of aliphatic hydroxyl groups is 1. The van der Waals surface area contributed by atoms with Crippen molar-refractivity contribution < 1.29 is 5.11 Å². The van der Waals surface area contributed by atoms with Crippen molar-refractivity contribution in [2.45, 2.75) is 32.4 Å². The summed E-state index contributed by atoms with van der Waals surface area (Å²) in [7, 11) is 4.35. The van der Waals surface area contributed by atoms with Gasteiger partial charge in [0.1, 0.15) is 0 Å². The molecular formula is C13H29N3O. The third-order valence-electron chi connectivity index (χ3n) is 3.38. The second-order valence-corrected chi connectivity index (χ2v) is 5.84. The van der Waals surface area contributed by atoms with E-state index >= 15 is 0 Å². The molecule has 2 N–H and O–H groups in total. The molecule has 0 spiro atoms. The first-order chi connectivity index (χ1) is 8.01. The molecule has 1 fully saturated rings. The van der Waals surface area contributed by atoms with E-state index < -0.39 is 0 Å². The van der Waals surface area contributed by atoms with Gasteiger partial charge in [0.2, 0.25) is 0 Å². The Morgan fingerprint density at radius 2 is 2.18 bits per heavy atom. The third-order valence-corrected chi connectivity index (χ3v) is 3.38. The molecule has 4 nitrogen and oxygen atoms in total. The first-order valence-electron chi connectivity index (χ1n) is 6.75. The van der Waals surface area contributed by atoms with E-state index in [4.69, 9.17) is 0 Å². The highest BCUT2D eigenvalue weighted by atomic mass is 16.3. The van der Waals surface area contributed by atoms with Gasteiger partial charge in [-0.2, -0.15) is 0 Å². The van der Waals surface area contributed by atoms with E-state index in [-0.39, 0.29) is 12.6 Å². The quantitative estimate of drug-likeness (QED) is 0.671. The van der Waals surface area contributed by atoms with E-state index in [1.807, 2.05) is 0 Å². The molecule has 0 amide bonds. The Labute approximate surface area is 106 Å². The van der Waals surface area contributed by atoms with E-state index in [1.165, 1.54) is 19.5 Å². The van der Waals surface area contributed by atoms with Crippen LogP contribution in [0.4, 0.5) is 0 Å². The van der Waals surface area contributed by atoms with Crippen LogP contribution in [0, 0.1) is 5.92 Å². The van der Waals surface area contributed by atoms with Crippen LogP contribution in [-0.2, 0) is 0 Å². The molecule has 0 radical (unpaired) electrons. The fourth-order valence-electron chi connectivity index (χ4n) is 2.70. The molecule has 2 atom stereocenters. The molecule has 1 saturated heterocycles. The molecule has 0 aromatic rings. The van der Waals surface area contributed by atoms with Gasteiger partial charge in [-0.05, 0) is 33.0 Å². The maximum atomic E-state index is 9.33. The van der Waals surface area contributed by atoms with Crippen molar-refractivity contribution in [1.82, 2.24) is 15.1 Å². The Balaban J connectivity index is 2.24. The lowest BCUT2D eigenvalue weighted by Gasteiger charge is -2.27. The van der Waals surface area contributed by atoms with Crippen LogP contribution >= 0.6 is 0 Å². The Morgan fingerprint density at radius 3 is 2.65 bits per heavy atom. The van der Waals surface area contributed by atoms with Crippen LogP contribution in [0.2, 0.25) is 0 Å². The molecule has 0 saturated carbocycles. The molecule has 0 aromatic heterocycles. The van der Waals surface area contributed by atoms with Crippen LogP contribution in [0.1, 0.15) is 20.3 Å². The summed E-state index contributed by atoms with van der Waals surface area (Å²) < 4.78 is 0. The molecule has 1 aliphatic heterocycles. The lowest BCUT2D eigenvalue weighted by molar-refractivity contribution is 0.180. The van der Waals surface area contributed by atoms with Crippen LogP contribution in [0.25, 0.3) is 0 Å². The molecular weight excluding hydrogens is 214 g/mol. The second kappa shape index (κ2) is 7.31. The van der Waals surface area contributed by atoms with E-state index in [0.717, 1.165) is 19.0 Å². The number of hydrogen-bond acceptors (Lipinski definition) is 4. The SMILES string of the molecule is CC(C)NC(CO)CN(C)CC1CCN(C)C1. The Bertz CT molecular complexity index is 211. The van der Waals surface area contributed by atoms with Crippen molar-refractivity contribution in [3.63, 3.8) is 0 Å². The molecule has 1 heterocycles. The van der Waals surface area contributed by atoms with Gasteiger partial charge in [-0.25, -0.2) is 0 Å². The first-order valence-corrected chi connectivity index (χ1v) is 6.75. The minimum absolute atomic E-state index is 0.194. The number of aliphatic hydroxyl groups excluding tert-OH is 1. The van der Waals surface area contributed by atoms with Gasteiger partial charge in [0, 0.05) is 31.7 Å². The summed E-state index contributed by atoms with van der Waals surface area (Å²) in [5.41, 5.74) is 0. The number of likely N-dealkylation sites (tertiary alicyclic amines) is 1. The van der Waals surface area contributed by atoms with Gasteiger partial charge >= 0.3 is 0 Å². The number of likely N-dealkylation sites (N-methyl/N-ethyl adjacent to an activating group) is 1. The highest BCUT2D eigenvalue weighted by Gasteiger charge is 2.21. The zero-order valence-electron chi connectivity index (χ0n) is 11.8. The summed E-state index contributed by atoms with van der Waals surface area (Å²) in [6, 6.07) is 0.622. The zero-order valence-corrected chi connectivity index (χ0v) is 11.8. The zero-order chi connectivity index (χ0) is 12.8. The van der Waals surface area contributed by atoms with Gasteiger partial charge in [-0.1, -0.05) is 13.8 Å². The van der Waals surface area contributed by atoms with Gasteiger partial charge in [0.25, 0.3) is 0 Å². The summed E-state index contributed by atoms with van der Waals surface area (Å²) >= 11 is 0. The summed E-state index contributed by atoms with van der Waals surface area (Å²) in [5.74, 6) is 0.795. The molecule has 17 heavy (non-hydrogen) atoms. The molecule has 102 valence electrons. The fraction of sp³-hybridized carbons (Fsp3) is 1.00. The maximum Gasteiger partial charge on any atom is 0.0597 e. The average molecular weight is 243 g/mol.